The second-order valence-corrected chi connectivity index (χ2v) is 5.58. The summed E-state index contributed by atoms with van der Waals surface area (Å²) < 4.78 is 0. The van der Waals surface area contributed by atoms with Crippen LogP contribution in [0.1, 0.15) is 54.0 Å². The van der Waals surface area contributed by atoms with Gasteiger partial charge in [0.15, 0.2) is 0 Å². The van der Waals surface area contributed by atoms with Gasteiger partial charge in [-0.1, -0.05) is 13.8 Å². The second-order valence-electron chi connectivity index (χ2n) is 4.42. The van der Waals surface area contributed by atoms with Gasteiger partial charge in [-0.3, -0.25) is 0 Å². The number of thiophene rings is 1. The topological polar surface area (TPSA) is 12.0 Å². The van der Waals surface area contributed by atoms with Crippen molar-refractivity contribution in [3.63, 3.8) is 0 Å². The highest BCUT2D eigenvalue weighted by molar-refractivity contribution is 7.12. The number of aryl methyl sites for hydroxylation is 1. The Balaban J connectivity index is 2.33. The van der Waals surface area contributed by atoms with E-state index in [0.717, 1.165) is 0 Å². The van der Waals surface area contributed by atoms with E-state index >= 15 is 0 Å². The van der Waals surface area contributed by atoms with Gasteiger partial charge in [-0.15, -0.1) is 11.3 Å². The lowest BCUT2D eigenvalue weighted by molar-refractivity contribution is 0.501. The predicted molar refractivity (Wildman–Crippen MR) is 63.1 cm³/mol. The van der Waals surface area contributed by atoms with E-state index in [2.05, 4.69) is 32.3 Å². The van der Waals surface area contributed by atoms with Crippen molar-refractivity contribution in [3.05, 3.63) is 21.4 Å². The van der Waals surface area contributed by atoms with Crippen molar-refractivity contribution in [3.8, 4) is 0 Å². The van der Waals surface area contributed by atoms with Crippen LogP contribution in [0.25, 0.3) is 0 Å². The molecule has 1 heterocycles. The van der Waals surface area contributed by atoms with Gasteiger partial charge in [0, 0.05) is 15.8 Å². The predicted octanol–water partition coefficient (Wildman–Crippen LogP) is 3.47. The molecule has 1 unspecified atom stereocenters. The third kappa shape index (κ3) is 1.73. The summed E-state index contributed by atoms with van der Waals surface area (Å²) in [6.07, 6.45) is 3.94. The lowest BCUT2D eigenvalue weighted by atomic mass is 9.93. The fraction of sp³-hybridized carbons (Fsp3) is 0.667. The van der Waals surface area contributed by atoms with Crippen LogP contribution < -0.4 is 5.32 Å². The van der Waals surface area contributed by atoms with Crippen LogP contribution in [0.3, 0.4) is 0 Å². The summed E-state index contributed by atoms with van der Waals surface area (Å²) in [4.78, 5) is 3.18. The molecule has 78 valence electrons. The highest BCUT2D eigenvalue weighted by Crippen LogP contribution is 2.37. The van der Waals surface area contributed by atoms with Gasteiger partial charge < -0.3 is 5.32 Å². The summed E-state index contributed by atoms with van der Waals surface area (Å²) in [5, 5.41) is 3.42. The highest BCUT2D eigenvalue weighted by Gasteiger charge is 2.21. The Morgan fingerprint density at radius 1 is 1.50 bits per heavy atom. The average molecular weight is 209 g/mol. The van der Waals surface area contributed by atoms with E-state index in [-0.39, 0.29) is 0 Å². The maximum Gasteiger partial charge on any atom is 0.0328 e. The molecule has 0 radical (unpaired) electrons. The molecule has 0 spiro atoms. The van der Waals surface area contributed by atoms with Crippen LogP contribution in [0.2, 0.25) is 0 Å². The first kappa shape index (κ1) is 10.2. The van der Waals surface area contributed by atoms with Crippen LogP contribution in [-0.2, 0) is 6.42 Å². The van der Waals surface area contributed by atoms with E-state index in [1.54, 1.807) is 15.3 Å². The Hall–Kier alpha value is -0.340. The summed E-state index contributed by atoms with van der Waals surface area (Å²) in [7, 11) is 2.08. The van der Waals surface area contributed by atoms with E-state index in [1.165, 1.54) is 19.3 Å². The Morgan fingerprint density at radius 2 is 2.29 bits per heavy atom. The van der Waals surface area contributed by atoms with Gasteiger partial charge in [-0.2, -0.15) is 0 Å². The summed E-state index contributed by atoms with van der Waals surface area (Å²) >= 11 is 2.02. The van der Waals surface area contributed by atoms with Crippen LogP contribution in [0.15, 0.2) is 6.07 Å². The molecule has 0 amide bonds. The van der Waals surface area contributed by atoms with E-state index in [1.807, 2.05) is 11.3 Å². The Labute approximate surface area is 90.5 Å². The molecule has 1 aliphatic carbocycles. The number of hydrogen-bond donors (Lipinski definition) is 1. The molecule has 1 atom stereocenters. The molecule has 0 fully saturated rings. The zero-order valence-electron chi connectivity index (χ0n) is 9.26. The molecule has 0 aromatic carbocycles. The third-order valence-corrected chi connectivity index (χ3v) is 4.56. The third-order valence-electron chi connectivity index (χ3n) is 3.05. The SMILES string of the molecule is CNC1CCCc2sc(C(C)C)cc21. The molecule has 14 heavy (non-hydrogen) atoms. The van der Waals surface area contributed by atoms with Gasteiger partial charge in [0.25, 0.3) is 0 Å². The zero-order chi connectivity index (χ0) is 10.1. The first-order valence-electron chi connectivity index (χ1n) is 5.52. The minimum atomic E-state index is 0.613. The second kappa shape index (κ2) is 4.03. The summed E-state index contributed by atoms with van der Waals surface area (Å²) in [6, 6.07) is 3.04. The molecule has 0 saturated carbocycles. The Bertz CT molecular complexity index is 314. The molecule has 1 aliphatic rings. The lowest BCUT2D eigenvalue weighted by Gasteiger charge is -2.21. The van der Waals surface area contributed by atoms with E-state index < -0.39 is 0 Å². The van der Waals surface area contributed by atoms with E-state index in [9.17, 15) is 0 Å². The molecule has 1 nitrogen and oxygen atoms in total. The van der Waals surface area contributed by atoms with Crippen LogP contribution in [0.5, 0.6) is 0 Å². The van der Waals surface area contributed by atoms with Crippen LogP contribution in [0.4, 0.5) is 0 Å². The Morgan fingerprint density at radius 3 is 2.93 bits per heavy atom. The van der Waals surface area contributed by atoms with Crippen molar-refractivity contribution in [1.29, 1.82) is 0 Å². The zero-order valence-corrected chi connectivity index (χ0v) is 10.1. The normalized spacial score (nSPS) is 21.3. The monoisotopic (exact) mass is 209 g/mol. The molecule has 2 rings (SSSR count). The minimum absolute atomic E-state index is 0.613. The van der Waals surface area contributed by atoms with Crippen molar-refractivity contribution in [2.24, 2.45) is 0 Å². The summed E-state index contributed by atoms with van der Waals surface area (Å²) in [5.41, 5.74) is 1.58. The summed E-state index contributed by atoms with van der Waals surface area (Å²) in [6.45, 7) is 4.57. The van der Waals surface area contributed by atoms with Crippen molar-refractivity contribution in [1.82, 2.24) is 5.32 Å². The van der Waals surface area contributed by atoms with Crippen molar-refractivity contribution in [2.75, 3.05) is 7.05 Å². The first-order valence-corrected chi connectivity index (χ1v) is 6.33. The van der Waals surface area contributed by atoms with Crippen LogP contribution in [-0.4, -0.2) is 7.05 Å². The smallest absolute Gasteiger partial charge is 0.0328 e. The van der Waals surface area contributed by atoms with Crippen LogP contribution >= 0.6 is 11.3 Å². The summed E-state index contributed by atoms with van der Waals surface area (Å²) in [5.74, 6) is 0.683. The molecular formula is C12H19NS. The Kier molecular flexibility index (Phi) is 2.93. The average Bonchev–Trinajstić information content (AvgIpc) is 2.60. The van der Waals surface area contributed by atoms with E-state index in [0.29, 0.717) is 12.0 Å². The molecule has 1 N–H and O–H groups in total. The van der Waals surface area contributed by atoms with Crippen molar-refractivity contribution >= 4 is 11.3 Å². The van der Waals surface area contributed by atoms with Gasteiger partial charge in [-0.05, 0) is 43.9 Å². The van der Waals surface area contributed by atoms with Gasteiger partial charge in [0.1, 0.15) is 0 Å². The number of hydrogen-bond acceptors (Lipinski definition) is 2. The van der Waals surface area contributed by atoms with Crippen molar-refractivity contribution in [2.45, 2.75) is 45.1 Å². The van der Waals surface area contributed by atoms with E-state index in [4.69, 9.17) is 0 Å². The molecule has 0 aliphatic heterocycles. The highest BCUT2D eigenvalue weighted by atomic mass is 32.1. The molecule has 1 aromatic rings. The standard InChI is InChI=1S/C12H19NS/c1-8(2)12-7-9-10(13-3)5-4-6-11(9)14-12/h7-8,10,13H,4-6H2,1-3H3. The molecule has 2 heteroatoms. The molecule has 1 aromatic heterocycles. The quantitative estimate of drug-likeness (QED) is 0.786. The fourth-order valence-electron chi connectivity index (χ4n) is 2.16. The molecule has 0 bridgehead atoms. The molecule has 0 saturated heterocycles. The first-order chi connectivity index (χ1) is 6.72. The number of rotatable bonds is 2. The number of fused-ring (bicyclic) bond motifs is 1. The minimum Gasteiger partial charge on any atom is -0.313 e. The maximum absolute atomic E-state index is 3.42. The fourth-order valence-corrected chi connectivity index (χ4v) is 3.43. The van der Waals surface area contributed by atoms with Gasteiger partial charge >= 0.3 is 0 Å². The number of nitrogens with one attached hydrogen (secondary N) is 1. The van der Waals surface area contributed by atoms with Crippen molar-refractivity contribution < 1.29 is 0 Å². The van der Waals surface area contributed by atoms with Crippen LogP contribution in [0, 0.1) is 0 Å². The maximum atomic E-state index is 3.42. The van der Waals surface area contributed by atoms with Gasteiger partial charge in [-0.25, -0.2) is 0 Å². The van der Waals surface area contributed by atoms with Gasteiger partial charge in [0.05, 0.1) is 0 Å². The molecular weight excluding hydrogens is 190 g/mol. The lowest BCUT2D eigenvalue weighted by Crippen LogP contribution is -2.19. The largest absolute Gasteiger partial charge is 0.313 e. The van der Waals surface area contributed by atoms with Gasteiger partial charge in [0.2, 0.25) is 0 Å².